The summed E-state index contributed by atoms with van der Waals surface area (Å²) in [4.78, 5) is 11.9. The number of hydrogen-bond acceptors (Lipinski definition) is 3. The van der Waals surface area contributed by atoms with Crippen LogP contribution in [0.25, 0.3) is 0 Å². The molecule has 4 nitrogen and oxygen atoms in total. The van der Waals surface area contributed by atoms with Gasteiger partial charge in [-0.1, -0.05) is 13.3 Å². The fourth-order valence-corrected chi connectivity index (χ4v) is 2.44. The van der Waals surface area contributed by atoms with Crippen molar-refractivity contribution in [3.8, 4) is 0 Å². The third kappa shape index (κ3) is 5.36. The Kier molecular flexibility index (Phi) is 6.65. The highest BCUT2D eigenvalue weighted by atomic mass is 16.5. The molecule has 1 fully saturated rings. The molecule has 0 saturated heterocycles. The van der Waals surface area contributed by atoms with Gasteiger partial charge in [0.1, 0.15) is 6.10 Å². The number of nitrogens with one attached hydrogen (secondary N) is 1. The van der Waals surface area contributed by atoms with Gasteiger partial charge in [-0.05, 0) is 46.0 Å². The third-order valence-corrected chi connectivity index (χ3v) is 3.60. The molecule has 3 N–H and O–H groups in total. The van der Waals surface area contributed by atoms with Crippen LogP contribution in [0.5, 0.6) is 0 Å². The summed E-state index contributed by atoms with van der Waals surface area (Å²) in [6.07, 6.45) is 5.90. The fraction of sp³-hybridized carbons (Fsp3) is 0.929. The Labute approximate surface area is 111 Å². The van der Waals surface area contributed by atoms with E-state index in [0.29, 0.717) is 6.04 Å². The summed E-state index contributed by atoms with van der Waals surface area (Å²) in [5, 5.41) is 2.99. The highest BCUT2D eigenvalue weighted by Crippen LogP contribution is 2.21. The average molecular weight is 256 g/mol. The zero-order valence-electron chi connectivity index (χ0n) is 11.9. The second-order valence-corrected chi connectivity index (χ2v) is 5.51. The van der Waals surface area contributed by atoms with Gasteiger partial charge in [-0.3, -0.25) is 4.79 Å². The summed E-state index contributed by atoms with van der Waals surface area (Å²) >= 11 is 0. The molecule has 1 aliphatic rings. The van der Waals surface area contributed by atoms with Gasteiger partial charge in [-0.2, -0.15) is 0 Å². The van der Waals surface area contributed by atoms with Gasteiger partial charge in [0.15, 0.2) is 0 Å². The molecule has 0 heterocycles. The number of ether oxygens (including phenoxy) is 1. The van der Waals surface area contributed by atoms with Gasteiger partial charge in [0.25, 0.3) is 0 Å². The topological polar surface area (TPSA) is 64.3 Å². The monoisotopic (exact) mass is 256 g/mol. The van der Waals surface area contributed by atoms with Crippen LogP contribution < -0.4 is 11.1 Å². The second kappa shape index (κ2) is 7.74. The summed E-state index contributed by atoms with van der Waals surface area (Å²) in [6, 6.07) is 0.548. The van der Waals surface area contributed by atoms with Crippen molar-refractivity contribution in [3.63, 3.8) is 0 Å². The van der Waals surface area contributed by atoms with Gasteiger partial charge >= 0.3 is 0 Å². The first-order chi connectivity index (χ1) is 8.52. The minimum atomic E-state index is -0.358. The standard InChI is InChI=1S/C14H28N2O2/c1-4-5-10(2)16-14(17)11(3)18-13-8-6-12(15)7-9-13/h10-13H,4-9,15H2,1-3H3,(H,16,17). The van der Waals surface area contributed by atoms with Crippen molar-refractivity contribution in [3.05, 3.63) is 0 Å². The lowest BCUT2D eigenvalue weighted by Gasteiger charge is -2.28. The maximum Gasteiger partial charge on any atom is 0.249 e. The maximum absolute atomic E-state index is 11.9. The van der Waals surface area contributed by atoms with E-state index in [9.17, 15) is 4.79 Å². The van der Waals surface area contributed by atoms with Gasteiger partial charge in [-0.15, -0.1) is 0 Å². The Morgan fingerprint density at radius 1 is 1.33 bits per heavy atom. The molecule has 1 amide bonds. The van der Waals surface area contributed by atoms with Crippen LogP contribution in [0, 0.1) is 0 Å². The van der Waals surface area contributed by atoms with E-state index in [1.54, 1.807) is 0 Å². The Hall–Kier alpha value is -0.610. The van der Waals surface area contributed by atoms with E-state index in [1.807, 2.05) is 13.8 Å². The van der Waals surface area contributed by atoms with Crippen molar-refractivity contribution in [2.45, 2.75) is 83.6 Å². The van der Waals surface area contributed by atoms with E-state index in [4.69, 9.17) is 10.5 Å². The molecule has 4 heteroatoms. The number of carbonyl (C=O) groups is 1. The molecular formula is C14H28N2O2. The van der Waals surface area contributed by atoms with E-state index in [1.165, 1.54) is 0 Å². The predicted molar refractivity (Wildman–Crippen MR) is 73.3 cm³/mol. The molecule has 1 rings (SSSR count). The lowest BCUT2D eigenvalue weighted by atomic mass is 9.93. The van der Waals surface area contributed by atoms with Gasteiger partial charge in [0.2, 0.25) is 5.91 Å². The minimum Gasteiger partial charge on any atom is -0.365 e. The fourth-order valence-electron chi connectivity index (χ4n) is 2.44. The molecule has 0 spiro atoms. The third-order valence-electron chi connectivity index (χ3n) is 3.60. The van der Waals surface area contributed by atoms with Gasteiger partial charge in [-0.25, -0.2) is 0 Å². The molecule has 0 aromatic rings. The molecule has 2 atom stereocenters. The van der Waals surface area contributed by atoms with Crippen LogP contribution in [0.2, 0.25) is 0 Å². The summed E-state index contributed by atoms with van der Waals surface area (Å²) < 4.78 is 5.81. The quantitative estimate of drug-likeness (QED) is 0.763. The largest absolute Gasteiger partial charge is 0.365 e. The van der Waals surface area contributed by atoms with Crippen molar-refractivity contribution < 1.29 is 9.53 Å². The van der Waals surface area contributed by atoms with Crippen molar-refractivity contribution in [1.82, 2.24) is 5.32 Å². The smallest absolute Gasteiger partial charge is 0.249 e. The molecule has 1 saturated carbocycles. The molecule has 106 valence electrons. The van der Waals surface area contributed by atoms with Crippen LogP contribution in [0.4, 0.5) is 0 Å². The molecule has 0 radical (unpaired) electrons. The van der Waals surface area contributed by atoms with E-state index in [-0.39, 0.29) is 24.2 Å². The zero-order valence-corrected chi connectivity index (χ0v) is 11.9. The molecular weight excluding hydrogens is 228 g/mol. The lowest BCUT2D eigenvalue weighted by Crippen LogP contribution is -2.42. The molecule has 0 aromatic heterocycles. The van der Waals surface area contributed by atoms with Crippen molar-refractivity contribution in [2.75, 3.05) is 0 Å². The van der Waals surface area contributed by atoms with E-state index >= 15 is 0 Å². The highest BCUT2D eigenvalue weighted by molar-refractivity contribution is 5.80. The number of nitrogens with two attached hydrogens (primary N) is 1. The van der Waals surface area contributed by atoms with E-state index in [2.05, 4.69) is 12.2 Å². The summed E-state index contributed by atoms with van der Waals surface area (Å²) in [5.41, 5.74) is 5.85. The van der Waals surface area contributed by atoms with Crippen molar-refractivity contribution in [1.29, 1.82) is 0 Å². The maximum atomic E-state index is 11.9. The second-order valence-electron chi connectivity index (χ2n) is 5.51. The zero-order chi connectivity index (χ0) is 13.5. The Morgan fingerprint density at radius 3 is 2.50 bits per heavy atom. The van der Waals surface area contributed by atoms with Gasteiger partial charge in [0, 0.05) is 12.1 Å². The Morgan fingerprint density at radius 2 is 1.94 bits per heavy atom. The van der Waals surface area contributed by atoms with Crippen molar-refractivity contribution in [2.24, 2.45) is 5.73 Å². The molecule has 0 aliphatic heterocycles. The first kappa shape index (κ1) is 15.4. The first-order valence-corrected chi connectivity index (χ1v) is 7.24. The molecule has 18 heavy (non-hydrogen) atoms. The van der Waals surface area contributed by atoms with Crippen LogP contribution in [-0.4, -0.2) is 30.2 Å². The average Bonchev–Trinajstić information content (AvgIpc) is 2.32. The SMILES string of the molecule is CCCC(C)NC(=O)C(C)OC1CCC(N)CC1. The number of amides is 1. The van der Waals surface area contributed by atoms with Crippen LogP contribution >= 0.6 is 0 Å². The highest BCUT2D eigenvalue weighted by Gasteiger charge is 2.24. The van der Waals surface area contributed by atoms with Crippen LogP contribution in [0.3, 0.4) is 0 Å². The lowest BCUT2D eigenvalue weighted by molar-refractivity contribution is -0.137. The number of hydrogen-bond donors (Lipinski definition) is 2. The first-order valence-electron chi connectivity index (χ1n) is 7.24. The molecule has 2 unspecified atom stereocenters. The van der Waals surface area contributed by atoms with Crippen LogP contribution in [-0.2, 0) is 9.53 Å². The van der Waals surface area contributed by atoms with Gasteiger partial charge in [0.05, 0.1) is 6.10 Å². The Bertz CT molecular complexity index is 250. The number of carbonyl (C=O) groups excluding carboxylic acids is 1. The summed E-state index contributed by atoms with van der Waals surface area (Å²) in [6.45, 7) is 5.99. The van der Waals surface area contributed by atoms with Crippen molar-refractivity contribution >= 4 is 5.91 Å². The van der Waals surface area contributed by atoms with Crippen LogP contribution in [0.15, 0.2) is 0 Å². The summed E-state index contributed by atoms with van der Waals surface area (Å²) in [5.74, 6) is 0.00539. The van der Waals surface area contributed by atoms with Gasteiger partial charge < -0.3 is 15.8 Å². The molecule has 1 aliphatic carbocycles. The molecule has 0 aromatic carbocycles. The van der Waals surface area contributed by atoms with Crippen LogP contribution in [0.1, 0.15) is 59.3 Å². The minimum absolute atomic E-state index is 0.00539. The predicted octanol–water partition coefficient (Wildman–Crippen LogP) is 1.97. The Balaban J connectivity index is 2.26. The number of rotatable bonds is 6. The van der Waals surface area contributed by atoms with E-state index < -0.39 is 0 Å². The summed E-state index contributed by atoms with van der Waals surface area (Å²) in [7, 11) is 0. The normalized spacial score (nSPS) is 27.6. The molecule has 0 bridgehead atoms. The van der Waals surface area contributed by atoms with E-state index in [0.717, 1.165) is 38.5 Å².